The zero-order valence-electron chi connectivity index (χ0n) is 7.67. The van der Waals surface area contributed by atoms with Gasteiger partial charge in [-0.2, -0.15) is 0 Å². The number of anilines is 1. The molecular formula is C10H16NP. The molecule has 0 aromatic heterocycles. The van der Waals surface area contributed by atoms with Crippen LogP contribution < -0.4 is 10.6 Å². The van der Waals surface area contributed by atoms with Crippen LogP contribution in [0.4, 0.5) is 5.69 Å². The van der Waals surface area contributed by atoms with Gasteiger partial charge in [0.1, 0.15) is 0 Å². The van der Waals surface area contributed by atoms with Gasteiger partial charge in [-0.3, -0.25) is 0 Å². The monoisotopic (exact) mass is 181 g/mol. The zero-order valence-corrected chi connectivity index (χ0v) is 8.83. The normalized spacial score (nSPS) is 10.3. The Morgan fingerprint density at radius 1 is 1.25 bits per heavy atom. The third-order valence-electron chi connectivity index (χ3n) is 1.63. The Morgan fingerprint density at radius 2 is 1.83 bits per heavy atom. The Kier molecular flexibility index (Phi) is 3.55. The summed E-state index contributed by atoms with van der Waals surface area (Å²) in [6, 6.07) is 8.38. The topological polar surface area (TPSA) is 12.0 Å². The van der Waals surface area contributed by atoms with Gasteiger partial charge in [-0.25, -0.2) is 0 Å². The van der Waals surface area contributed by atoms with E-state index in [-0.39, 0.29) is 0 Å². The summed E-state index contributed by atoms with van der Waals surface area (Å²) in [5.41, 5.74) is 1.20. The molecule has 0 bridgehead atoms. The summed E-state index contributed by atoms with van der Waals surface area (Å²) in [7, 11) is 2.68. The third-order valence-corrected chi connectivity index (χ3v) is 2.01. The summed E-state index contributed by atoms with van der Waals surface area (Å²) < 4.78 is 0. The molecule has 1 N–H and O–H groups in total. The number of benzene rings is 1. The molecule has 12 heavy (non-hydrogen) atoms. The summed E-state index contributed by atoms with van der Waals surface area (Å²) in [5.74, 6) is 0.695. The lowest BCUT2D eigenvalue weighted by Gasteiger charge is -2.08. The molecule has 2 heteroatoms. The fourth-order valence-electron chi connectivity index (χ4n) is 0.923. The highest BCUT2D eigenvalue weighted by molar-refractivity contribution is 7.27. The van der Waals surface area contributed by atoms with Crippen LogP contribution in [0.2, 0.25) is 0 Å². The molecule has 0 spiro atoms. The second-order valence-electron chi connectivity index (χ2n) is 3.40. The van der Waals surface area contributed by atoms with Crippen LogP contribution in [-0.2, 0) is 0 Å². The van der Waals surface area contributed by atoms with Crippen LogP contribution in [0, 0.1) is 5.92 Å². The molecule has 0 heterocycles. The second kappa shape index (κ2) is 4.47. The predicted molar refractivity (Wildman–Crippen MR) is 59.1 cm³/mol. The number of hydrogen-bond acceptors (Lipinski definition) is 1. The van der Waals surface area contributed by atoms with Crippen LogP contribution in [0.3, 0.4) is 0 Å². The smallest absolute Gasteiger partial charge is 0.0340 e. The second-order valence-corrected chi connectivity index (χ2v) is 4.06. The van der Waals surface area contributed by atoms with E-state index in [1.165, 1.54) is 11.0 Å². The number of nitrogens with one attached hydrogen (secondary N) is 1. The standard InChI is InChI=1S/C10H16NP/c1-8(2)7-11-9-3-5-10(12)6-4-9/h3-6,8,11H,7,12H2,1-2H3. The van der Waals surface area contributed by atoms with Gasteiger partial charge in [0.2, 0.25) is 0 Å². The van der Waals surface area contributed by atoms with E-state index >= 15 is 0 Å². The molecule has 0 aliphatic carbocycles. The third kappa shape index (κ3) is 3.23. The van der Waals surface area contributed by atoms with Crippen LogP contribution in [0.25, 0.3) is 0 Å². The highest BCUT2D eigenvalue weighted by Gasteiger charge is 1.93. The van der Waals surface area contributed by atoms with E-state index in [9.17, 15) is 0 Å². The molecule has 0 fully saturated rings. The van der Waals surface area contributed by atoms with Crippen molar-refractivity contribution in [2.75, 3.05) is 11.9 Å². The molecule has 1 aromatic carbocycles. The Bertz CT molecular complexity index is 228. The first kappa shape index (κ1) is 9.54. The van der Waals surface area contributed by atoms with Crippen LogP contribution >= 0.6 is 9.24 Å². The van der Waals surface area contributed by atoms with Gasteiger partial charge in [0.25, 0.3) is 0 Å². The van der Waals surface area contributed by atoms with Crippen molar-refractivity contribution in [3.63, 3.8) is 0 Å². The maximum Gasteiger partial charge on any atom is 0.0340 e. The molecule has 0 saturated carbocycles. The van der Waals surface area contributed by atoms with Crippen molar-refractivity contribution in [1.82, 2.24) is 0 Å². The van der Waals surface area contributed by atoms with Gasteiger partial charge in [0, 0.05) is 12.2 Å². The van der Waals surface area contributed by atoms with E-state index in [4.69, 9.17) is 0 Å². The van der Waals surface area contributed by atoms with Crippen molar-refractivity contribution in [1.29, 1.82) is 0 Å². The van der Waals surface area contributed by atoms with Crippen LogP contribution in [0.1, 0.15) is 13.8 Å². The lowest BCUT2D eigenvalue weighted by molar-refractivity contribution is 0.689. The van der Waals surface area contributed by atoms with Gasteiger partial charge in [-0.05, 0) is 23.4 Å². The molecular weight excluding hydrogens is 165 g/mol. The van der Waals surface area contributed by atoms with Crippen LogP contribution in [-0.4, -0.2) is 6.54 Å². The fraction of sp³-hybridized carbons (Fsp3) is 0.400. The SMILES string of the molecule is CC(C)CNc1ccc(P)cc1. The molecule has 1 atom stereocenters. The lowest BCUT2D eigenvalue weighted by atomic mass is 10.2. The van der Waals surface area contributed by atoms with Gasteiger partial charge in [0.05, 0.1) is 0 Å². The first-order chi connectivity index (χ1) is 5.68. The first-order valence-electron chi connectivity index (χ1n) is 4.28. The number of rotatable bonds is 3. The minimum Gasteiger partial charge on any atom is -0.385 e. The van der Waals surface area contributed by atoms with E-state index < -0.39 is 0 Å². The van der Waals surface area contributed by atoms with E-state index in [0.29, 0.717) is 5.92 Å². The lowest BCUT2D eigenvalue weighted by Crippen LogP contribution is -2.08. The molecule has 66 valence electrons. The predicted octanol–water partition coefficient (Wildman–Crippen LogP) is 2.25. The van der Waals surface area contributed by atoms with Crippen LogP contribution in [0.5, 0.6) is 0 Å². The fourth-order valence-corrected chi connectivity index (χ4v) is 1.12. The zero-order chi connectivity index (χ0) is 8.97. The Labute approximate surface area is 76.8 Å². The van der Waals surface area contributed by atoms with Crippen molar-refractivity contribution in [3.8, 4) is 0 Å². The van der Waals surface area contributed by atoms with Crippen molar-refractivity contribution in [2.24, 2.45) is 5.92 Å². The maximum atomic E-state index is 3.36. The van der Waals surface area contributed by atoms with Gasteiger partial charge in [-0.1, -0.05) is 26.0 Å². The average Bonchev–Trinajstić information content (AvgIpc) is 2.03. The molecule has 1 aromatic rings. The van der Waals surface area contributed by atoms with Gasteiger partial charge >= 0.3 is 0 Å². The molecule has 0 saturated heterocycles. The first-order valence-corrected chi connectivity index (χ1v) is 4.85. The summed E-state index contributed by atoms with van der Waals surface area (Å²) in [6.45, 7) is 5.45. The summed E-state index contributed by atoms with van der Waals surface area (Å²) in [4.78, 5) is 0. The minimum absolute atomic E-state index is 0.695. The average molecular weight is 181 g/mol. The Morgan fingerprint density at radius 3 is 2.33 bits per heavy atom. The van der Waals surface area contributed by atoms with Gasteiger partial charge in [-0.15, -0.1) is 9.24 Å². The highest BCUT2D eigenvalue weighted by Crippen LogP contribution is 2.06. The molecule has 1 nitrogen and oxygen atoms in total. The van der Waals surface area contributed by atoms with E-state index in [0.717, 1.165) is 6.54 Å². The molecule has 1 unspecified atom stereocenters. The summed E-state index contributed by atoms with van der Waals surface area (Å²) in [5, 5.41) is 4.59. The van der Waals surface area contributed by atoms with Gasteiger partial charge < -0.3 is 5.32 Å². The molecule has 1 rings (SSSR count). The van der Waals surface area contributed by atoms with E-state index in [1.54, 1.807) is 0 Å². The number of hydrogen-bond donors (Lipinski definition) is 1. The molecule has 0 amide bonds. The van der Waals surface area contributed by atoms with Crippen LogP contribution in [0.15, 0.2) is 24.3 Å². The Balaban J connectivity index is 2.48. The minimum atomic E-state index is 0.695. The molecule has 0 aliphatic heterocycles. The largest absolute Gasteiger partial charge is 0.385 e. The quantitative estimate of drug-likeness (QED) is 0.705. The van der Waals surface area contributed by atoms with Crippen molar-refractivity contribution < 1.29 is 0 Å². The van der Waals surface area contributed by atoms with Crippen molar-refractivity contribution in [2.45, 2.75) is 13.8 Å². The highest BCUT2D eigenvalue weighted by atomic mass is 31.0. The maximum absolute atomic E-state index is 3.36. The van der Waals surface area contributed by atoms with Gasteiger partial charge in [0.15, 0.2) is 0 Å². The molecule has 0 aliphatic rings. The van der Waals surface area contributed by atoms with E-state index in [1.807, 2.05) is 0 Å². The summed E-state index contributed by atoms with van der Waals surface area (Å²) >= 11 is 0. The Hall–Kier alpha value is -0.550. The summed E-state index contributed by atoms with van der Waals surface area (Å²) in [6.07, 6.45) is 0. The molecule has 0 radical (unpaired) electrons. The van der Waals surface area contributed by atoms with E-state index in [2.05, 4.69) is 52.7 Å². The van der Waals surface area contributed by atoms with Crippen molar-refractivity contribution >= 4 is 20.2 Å². The van der Waals surface area contributed by atoms with Crippen molar-refractivity contribution in [3.05, 3.63) is 24.3 Å².